The molecule has 2 aromatic rings. The highest BCUT2D eigenvalue weighted by molar-refractivity contribution is 7.53. The van der Waals surface area contributed by atoms with Crippen molar-refractivity contribution in [2.75, 3.05) is 19.4 Å². The SMILES string of the molecule is CCOP(=O)(CC[C@H]1O[C@@H](n2ncc3c(Cl)nc(Cl)nc32)[C@H](OC(C)=O)[C@@H]1OC(C)=O)OCC. The van der Waals surface area contributed by atoms with E-state index < -0.39 is 44.1 Å². The van der Waals surface area contributed by atoms with Gasteiger partial charge in [0, 0.05) is 13.8 Å². The van der Waals surface area contributed by atoms with E-state index in [1.54, 1.807) is 13.8 Å². The van der Waals surface area contributed by atoms with Crippen molar-refractivity contribution in [2.45, 2.75) is 58.7 Å². The quantitative estimate of drug-likeness (QED) is 0.189. The zero-order chi connectivity index (χ0) is 25.0. The Morgan fingerprint density at radius 1 is 1.09 bits per heavy atom. The average molecular weight is 539 g/mol. The molecule has 0 spiro atoms. The Balaban J connectivity index is 1.98. The molecule has 0 N–H and O–H groups in total. The van der Waals surface area contributed by atoms with Crippen molar-refractivity contribution in [3.05, 3.63) is 16.6 Å². The number of hydrogen-bond donors (Lipinski definition) is 0. The third-order valence-electron chi connectivity index (χ3n) is 4.85. The van der Waals surface area contributed by atoms with Crippen molar-refractivity contribution in [3.8, 4) is 0 Å². The summed E-state index contributed by atoms with van der Waals surface area (Å²) in [4.78, 5) is 31.8. The zero-order valence-electron chi connectivity index (χ0n) is 19.0. The van der Waals surface area contributed by atoms with Gasteiger partial charge in [-0.05, 0) is 31.9 Å². The molecule has 188 valence electrons. The van der Waals surface area contributed by atoms with Crippen LogP contribution in [0.4, 0.5) is 0 Å². The molecule has 1 aliphatic rings. The normalized spacial score (nSPS) is 22.8. The monoisotopic (exact) mass is 538 g/mol. The Morgan fingerprint density at radius 3 is 2.29 bits per heavy atom. The molecule has 0 aromatic carbocycles. The van der Waals surface area contributed by atoms with Gasteiger partial charge in [0.15, 0.2) is 24.1 Å². The van der Waals surface area contributed by atoms with Crippen LogP contribution in [0.2, 0.25) is 10.4 Å². The van der Waals surface area contributed by atoms with Crippen LogP contribution < -0.4 is 0 Å². The molecular formula is C19H25Cl2N4O8P. The van der Waals surface area contributed by atoms with Gasteiger partial charge in [-0.15, -0.1) is 0 Å². The maximum absolute atomic E-state index is 13.0. The van der Waals surface area contributed by atoms with Crippen molar-refractivity contribution < 1.29 is 37.4 Å². The van der Waals surface area contributed by atoms with Crippen LogP contribution in [0, 0.1) is 0 Å². The summed E-state index contributed by atoms with van der Waals surface area (Å²) in [7, 11) is -3.42. The number of esters is 2. The first-order chi connectivity index (χ1) is 16.1. The highest BCUT2D eigenvalue weighted by Crippen LogP contribution is 2.50. The molecule has 3 rings (SSSR count). The number of ether oxygens (including phenoxy) is 3. The third-order valence-corrected chi connectivity index (χ3v) is 7.42. The maximum Gasteiger partial charge on any atom is 0.330 e. The lowest BCUT2D eigenvalue weighted by Gasteiger charge is -2.24. The molecule has 0 amide bonds. The van der Waals surface area contributed by atoms with E-state index in [2.05, 4.69) is 15.1 Å². The summed E-state index contributed by atoms with van der Waals surface area (Å²) in [6.07, 6.45) is -2.52. The van der Waals surface area contributed by atoms with Gasteiger partial charge < -0.3 is 23.3 Å². The average Bonchev–Trinajstić information content (AvgIpc) is 3.28. The molecule has 0 aliphatic carbocycles. The standard InChI is InChI=1S/C19H25Cl2N4O8P/c1-5-29-34(28,30-6-2)8-7-13-14(31-10(3)26)15(32-11(4)27)18(33-13)25-17-12(9-22-25)16(20)23-19(21)24-17/h9,13-15,18H,5-8H2,1-4H3/t13-,14-,15-,18-/m1/s1. The molecule has 15 heteroatoms. The topological polar surface area (TPSA) is 141 Å². The van der Waals surface area contributed by atoms with Gasteiger partial charge in [-0.1, -0.05) is 11.6 Å². The maximum atomic E-state index is 13.0. The molecule has 4 atom stereocenters. The van der Waals surface area contributed by atoms with Crippen molar-refractivity contribution in [3.63, 3.8) is 0 Å². The van der Waals surface area contributed by atoms with E-state index >= 15 is 0 Å². The molecule has 0 bridgehead atoms. The van der Waals surface area contributed by atoms with E-state index in [0.717, 1.165) is 0 Å². The molecule has 0 radical (unpaired) electrons. The molecule has 12 nitrogen and oxygen atoms in total. The number of aromatic nitrogens is 4. The van der Waals surface area contributed by atoms with Crippen molar-refractivity contribution in [1.29, 1.82) is 0 Å². The molecule has 0 unspecified atom stereocenters. The first-order valence-electron chi connectivity index (χ1n) is 10.5. The molecule has 0 saturated carbocycles. The van der Waals surface area contributed by atoms with Gasteiger partial charge >= 0.3 is 19.5 Å². The van der Waals surface area contributed by atoms with Crippen LogP contribution in [0.1, 0.15) is 40.3 Å². The van der Waals surface area contributed by atoms with Gasteiger partial charge in [0.2, 0.25) is 5.28 Å². The minimum absolute atomic E-state index is 0.0176. The van der Waals surface area contributed by atoms with Gasteiger partial charge in [0.1, 0.15) is 11.3 Å². The molecular weight excluding hydrogens is 514 g/mol. The molecule has 1 aliphatic heterocycles. The second-order valence-electron chi connectivity index (χ2n) is 7.28. The molecule has 2 aromatic heterocycles. The van der Waals surface area contributed by atoms with E-state index in [9.17, 15) is 14.2 Å². The summed E-state index contributed by atoms with van der Waals surface area (Å²) in [6, 6.07) is 0. The Bertz CT molecular complexity index is 1090. The van der Waals surface area contributed by atoms with Crippen LogP contribution in [-0.4, -0.2) is 69.4 Å². The summed E-state index contributed by atoms with van der Waals surface area (Å²) in [5.74, 6) is -1.25. The Morgan fingerprint density at radius 2 is 1.71 bits per heavy atom. The highest BCUT2D eigenvalue weighted by Gasteiger charge is 2.51. The first-order valence-corrected chi connectivity index (χ1v) is 13.0. The van der Waals surface area contributed by atoms with Crippen LogP contribution in [-0.2, 0) is 37.4 Å². The van der Waals surface area contributed by atoms with Crippen LogP contribution >= 0.6 is 30.8 Å². The number of nitrogens with zero attached hydrogens (tertiary/aromatic N) is 4. The summed E-state index contributed by atoms with van der Waals surface area (Å²) in [5.41, 5.74) is 0.226. The lowest BCUT2D eigenvalue weighted by molar-refractivity contribution is -0.165. The molecule has 1 fully saturated rings. The van der Waals surface area contributed by atoms with Gasteiger partial charge in [0.05, 0.1) is 31.0 Å². The second-order valence-corrected chi connectivity index (χ2v) is 10.2. The zero-order valence-corrected chi connectivity index (χ0v) is 21.4. The molecule has 1 saturated heterocycles. The van der Waals surface area contributed by atoms with Gasteiger partial charge in [-0.25, -0.2) is 9.67 Å². The fourth-order valence-electron chi connectivity index (χ4n) is 3.69. The number of fused-ring (bicyclic) bond motifs is 1. The lowest BCUT2D eigenvalue weighted by Crippen LogP contribution is -2.39. The summed E-state index contributed by atoms with van der Waals surface area (Å²) >= 11 is 12.1. The minimum atomic E-state index is -3.42. The summed E-state index contributed by atoms with van der Waals surface area (Å²) in [5, 5.41) is 4.61. The first kappa shape index (κ1) is 26.8. The van der Waals surface area contributed by atoms with E-state index in [4.69, 9.17) is 46.5 Å². The molecule has 34 heavy (non-hydrogen) atoms. The Labute approximate surface area is 205 Å². The van der Waals surface area contributed by atoms with Gasteiger partial charge in [0.25, 0.3) is 0 Å². The van der Waals surface area contributed by atoms with E-state index in [1.807, 2.05) is 0 Å². The van der Waals surface area contributed by atoms with Gasteiger partial charge in [-0.2, -0.15) is 10.1 Å². The second kappa shape index (κ2) is 11.3. The Kier molecular flexibility index (Phi) is 8.88. The fraction of sp³-hybridized carbons (Fsp3) is 0.632. The number of rotatable bonds is 10. The minimum Gasteiger partial charge on any atom is -0.456 e. The van der Waals surface area contributed by atoms with Crippen molar-refractivity contribution in [2.24, 2.45) is 0 Å². The third kappa shape index (κ3) is 6.05. The largest absolute Gasteiger partial charge is 0.456 e. The summed E-state index contributed by atoms with van der Waals surface area (Å²) < 4.78 is 42.1. The van der Waals surface area contributed by atoms with E-state index in [0.29, 0.717) is 5.39 Å². The van der Waals surface area contributed by atoms with E-state index in [-0.39, 0.29) is 41.9 Å². The number of carbonyl (C=O) groups is 2. The smallest absolute Gasteiger partial charge is 0.330 e. The highest BCUT2D eigenvalue weighted by atomic mass is 35.5. The number of halogens is 2. The van der Waals surface area contributed by atoms with Crippen molar-refractivity contribution >= 4 is 53.8 Å². The number of carbonyl (C=O) groups excluding carboxylic acids is 2. The number of hydrogen-bond acceptors (Lipinski definition) is 11. The fourth-order valence-corrected chi connectivity index (χ4v) is 5.80. The van der Waals surface area contributed by atoms with E-state index in [1.165, 1.54) is 24.7 Å². The van der Waals surface area contributed by atoms with Crippen LogP contribution in [0.15, 0.2) is 6.20 Å². The van der Waals surface area contributed by atoms with Crippen LogP contribution in [0.5, 0.6) is 0 Å². The summed E-state index contributed by atoms with van der Waals surface area (Å²) in [6.45, 7) is 6.21. The van der Waals surface area contributed by atoms with Crippen LogP contribution in [0.25, 0.3) is 11.0 Å². The van der Waals surface area contributed by atoms with Gasteiger partial charge in [-0.3, -0.25) is 14.2 Å². The van der Waals surface area contributed by atoms with Crippen LogP contribution in [0.3, 0.4) is 0 Å². The van der Waals surface area contributed by atoms with Crippen molar-refractivity contribution in [1.82, 2.24) is 19.7 Å². The molecule has 3 heterocycles. The Hall–Kier alpha value is -1.82. The predicted octanol–water partition coefficient (Wildman–Crippen LogP) is 3.55. The predicted molar refractivity (Wildman–Crippen MR) is 121 cm³/mol. The lowest BCUT2D eigenvalue weighted by atomic mass is 10.1.